The van der Waals surface area contributed by atoms with Gasteiger partial charge in [0.25, 0.3) is 0 Å². The Bertz CT molecular complexity index is 491. The first-order chi connectivity index (χ1) is 9.05. The normalized spacial score (nSPS) is 13.2. The van der Waals surface area contributed by atoms with Gasteiger partial charge in [0.2, 0.25) is 10.0 Å². The summed E-state index contributed by atoms with van der Waals surface area (Å²) in [6.45, 7) is 4.79. The first-order valence-electron chi connectivity index (χ1n) is 6.24. The molecule has 0 bridgehead atoms. The van der Waals surface area contributed by atoms with Crippen LogP contribution in [0.3, 0.4) is 0 Å². The van der Waals surface area contributed by atoms with E-state index in [0.717, 1.165) is 0 Å². The monoisotopic (exact) mass is 287 g/mol. The summed E-state index contributed by atoms with van der Waals surface area (Å²) < 4.78 is 32.3. The number of nitrogens with zero attached hydrogens (tertiary/aromatic N) is 1. The van der Waals surface area contributed by atoms with Gasteiger partial charge in [-0.25, -0.2) is 13.1 Å². The zero-order valence-electron chi connectivity index (χ0n) is 11.5. The van der Waals surface area contributed by atoms with Gasteiger partial charge in [0.15, 0.2) is 0 Å². The Morgan fingerprint density at radius 1 is 1.42 bits per heavy atom. The smallest absolute Gasteiger partial charge is 0.244 e. The molecule has 0 amide bonds. The average Bonchev–Trinajstić information content (AvgIpc) is 2.39. The number of aromatic nitrogens is 1. The van der Waals surface area contributed by atoms with E-state index in [4.69, 9.17) is 4.74 Å². The lowest BCUT2D eigenvalue weighted by Crippen LogP contribution is -2.37. The molecule has 0 spiro atoms. The fourth-order valence-electron chi connectivity index (χ4n) is 1.65. The van der Waals surface area contributed by atoms with Crippen LogP contribution in [0.1, 0.15) is 20.3 Å². The molecule has 0 fully saturated rings. The SMILES string of the molecule is CCNc1ccncc1S(=O)(=O)NC(CC)COC. The van der Waals surface area contributed by atoms with Crippen LogP contribution in [0.5, 0.6) is 0 Å². The van der Waals surface area contributed by atoms with Crippen LogP contribution in [0.15, 0.2) is 23.4 Å². The number of anilines is 1. The first kappa shape index (κ1) is 15.9. The van der Waals surface area contributed by atoms with Crippen LogP contribution < -0.4 is 10.0 Å². The molecular weight excluding hydrogens is 266 g/mol. The molecule has 1 aromatic heterocycles. The zero-order valence-corrected chi connectivity index (χ0v) is 12.3. The highest BCUT2D eigenvalue weighted by Gasteiger charge is 2.22. The molecule has 19 heavy (non-hydrogen) atoms. The van der Waals surface area contributed by atoms with Gasteiger partial charge in [0.05, 0.1) is 12.3 Å². The summed E-state index contributed by atoms with van der Waals surface area (Å²) in [6, 6.07) is 1.40. The number of rotatable bonds is 8. The molecule has 0 radical (unpaired) electrons. The van der Waals surface area contributed by atoms with E-state index < -0.39 is 10.0 Å². The molecule has 1 rings (SSSR count). The summed E-state index contributed by atoms with van der Waals surface area (Å²) in [7, 11) is -2.05. The van der Waals surface area contributed by atoms with Crippen molar-refractivity contribution in [3.8, 4) is 0 Å². The highest BCUT2D eigenvalue weighted by atomic mass is 32.2. The minimum atomic E-state index is -3.60. The molecular formula is C12H21N3O3S. The molecule has 6 nitrogen and oxygen atoms in total. The molecule has 7 heteroatoms. The second-order valence-electron chi connectivity index (χ2n) is 4.08. The lowest BCUT2D eigenvalue weighted by molar-refractivity contribution is 0.173. The third kappa shape index (κ3) is 4.45. The minimum Gasteiger partial charge on any atom is -0.384 e. The van der Waals surface area contributed by atoms with Crippen molar-refractivity contribution in [2.45, 2.75) is 31.2 Å². The van der Waals surface area contributed by atoms with Crippen LogP contribution in [0.25, 0.3) is 0 Å². The van der Waals surface area contributed by atoms with E-state index in [9.17, 15) is 8.42 Å². The average molecular weight is 287 g/mol. The fraction of sp³-hybridized carbons (Fsp3) is 0.583. The third-order valence-corrected chi connectivity index (χ3v) is 4.17. The van der Waals surface area contributed by atoms with Gasteiger partial charge in [0.1, 0.15) is 4.90 Å². The first-order valence-corrected chi connectivity index (χ1v) is 7.72. The molecule has 1 heterocycles. The third-order valence-electron chi connectivity index (χ3n) is 2.62. The Labute approximate surface area is 114 Å². The van der Waals surface area contributed by atoms with Crippen molar-refractivity contribution in [2.24, 2.45) is 0 Å². The van der Waals surface area contributed by atoms with E-state index in [1.807, 2.05) is 13.8 Å². The lowest BCUT2D eigenvalue weighted by atomic mass is 10.3. The molecule has 0 aliphatic heterocycles. The van der Waals surface area contributed by atoms with Gasteiger partial charge in [-0.2, -0.15) is 0 Å². The van der Waals surface area contributed by atoms with E-state index in [1.54, 1.807) is 19.4 Å². The number of pyridine rings is 1. The Balaban J connectivity index is 2.99. The van der Waals surface area contributed by atoms with Crippen molar-refractivity contribution in [2.75, 3.05) is 25.6 Å². The van der Waals surface area contributed by atoms with Crippen LogP contribution in [-0.2, 0) is 14.8 Å². The summed E-state index contributed by atoms with van der Waals surface area (Å²) in [5.74, 6) is 0. The van der Waals surface area contributed by atoms with Gasteiger partial charge >= 0.3 is 0 Å². The highest BCUT2D eigenvalue weighted by Crippen LogP contribution is 2.19. The van der Waals surface area contributed by atoms with Crippen LogP contribution in [0.2, 0.25) is 0 Å². The quantitative estimate of drug-likeness (QED) is 0.751. The zero-order chi connectivity index (χ0) is 14.3. The van der Waals surface area contributed by atoms with Gasteiger partial charge in [-0.1, -0.05) is 6.92 Å². The summed E-state index contributed by atoms with van der Waals surface area (Å²) in [4.78, 5) is 4.04. The number of hydrogen-bond acceptors (Lipinski definition) is 5. The largest absolute Gasteiger partial charge is 0.384 e. The van der Waals surface area contributed by atoms with Gasteiger partial charge in [-0.05, 0) is 19.4 Å². The van der Waals surface area contributed by atoms with Gasteiger partial charge in [0, 0.05) is 32.1 Å². The standard InChI is InChI=1S/C12H21N3O3S/c1-4-10(9-18-3)15-19(16,17)12-8-13-7-6-11(12)14-5-2/h6-8,10,15H,4-5,9H2,1-3H3,(H,13,14). The summed E-state index contributed by atoms with van der Waals surface area (Å²) in [5.41, 5.74) is 0.553. The van der Waals surface area contributed by atoms with Crippen molar-refractivity contribution in [1.29, 1.82) is 0 Å². The molecule has 0 aliphatic carbocycles. The van der Waals surface area contributed by atoms with Gasteiger partial charge in [-0.3, -0.25) is 4.98 Å². The Kier molecular flexibility index (Phi) is 6.20. The number of hydrogen-bond donors (Lipinski definition) is 2. The van der Waals surface area contributed by atoms with Gasteiger partial charge in [-0.15, -0.1) is 0 Å². The molecule has 2 N–H and O–H groups in total. The number of nitrogens with one attached hydrogen (secondary N) is 2. The van der Waals surface area contributed by atoms with E-state index in [2.05, 4.69) is 15.0 Å². The molecule has 1 aromatic rings. The lowest BCUT2D eigenvalue weighted by Gasteiger charge is -2.17. The van der Waals surface area contributed by atoms with E-state index in [0.29, 0.717) is 25.3 Å². The van der Waals surface area contributed by atoms with Crippen molar-refractivity contribution < 1.29 is 13.2 Å². The van der Waals surface area contributed by atoms with Gasteiger partial charge < -0.3 is 10.1 Å². The second-order valence-corrected chi connectivity index (χ2v) is 5.77. The molecule has 0 aliphatic rings. The molecule has 0 aromatic carbocycles. The van der Waals surface area contributed by atoms with Crippen molar-refractivity contribution in [1.82, 2.24) is 9.71 Å². The molecule has 1 unspecified atom stereocenters. The van der Waals surface area contributed by atoms with Crippen molar-refractivity contribution >= 4 is 15.7 Å². The fourth-order valence-corrected chi connectivity index (χ4v) is 3.08. The maximum Gasteiger partial charge on any atom is 0.244 e. The summed E-state index contributed by atoms with van der Waals surface area (Å²) in [5, 5.41) is 3.02. The maximum absolute atomic E-state index is 12.3. The predicted molar refractivity (Wildman–Crippen MR) is 74.7 cm³/mol. The summed E-state index contributed by atoms with van der Waals surface area (Å²) >= 11 is 0. The Morgan fingerprint density at radius 2 is 2.16 bits per heavy atom. The molecule has 1 atom stereocenters. The predicted octanol–water partition coefficient (Wildman–Crippen LogP) is 1.22. The van der Waals surface area contributed by atoms with Crippen LogP contribution in [0, 0.1) is 0 Å². The highest BCUT2D eigenvalue weighted by molar-refractivity contribution is 7.89. The topological polar surface area (TPSA) is 80.3 Å². The van der Waals surface area contributed by atoms with Crippen LogP contribution in [-0.4, -0.2) is 39.7 Å². The molecule has 0 saturated carbocycles. The number of sulfonamides is 1. The maximum atomic E-state index is 12.3. The molecule has 108 valence electrons. The van der Waals surface area contributed by atoms with Crippen LogP contribution in [0.4, 0.5) is 5.69 Å². The number of methoxy groups -OCH3 is 1. The van der Waals surface area contributed by atoms with E-state index in [1.165, 1.54) is 6.20 Å². The van der Waals surface area contributed by atoms with E-state index in [-0.39, 0.29) is 10.9 Å². The Hall–Kier alpha value is -1.18. The summed E-state index contributed by atoms with van der Waals surface area (Å²) in [6.07, 6.45) is 3.56. The molecule has 0 saturated heterocycles. The van der Waals surface area contributed by atoms with Crippen LogP contribution >= 0.6 is 0 Å². The van der Waals surface area contributed by atoms with Crippen molar-refractivity contribution in [3.63, 3.8) is 0 Å². The van der Waals surface area contributed by atoms with Crippen molar-refractivity contribution in [3.05, 3.63) is 18.5 Å². The Morgan fingerprint density at radius 3 is 2.74 bits per heavy atom. The minimum absolute atomic E-state index is 0.159. The second kappa shape index (κ2) is 7.42. The number of ether oxygens (including phenoxy) is 1. The van der Waals surface area contributed by atoms with E-state index >= 15 is 0 Å².